The number of pyridine rings is 1. The van der Waals surface area contributed by atoms with Crippen LogP contribution in [-0.4, -0.2) is 28.2 Å². The molecule has 0 saturated carbocycles. The van der Waals surface area contributed by atoms with E-state index in [4.69, 9.17) is 4.52 Å². The summed E-state index contributed by atoms with van der Waals surface area (Å²) in [6.07, 6.45) is 3.49. The largest absolute Gasteiger partial charge is 0.339 e. The zero-order valence-electron chi connectivity index (χ0n) is 11.0. The molecule has 2 heterocycles. The summed E-state index contributed by atoms with van der Waals surface area (Å²) in [5, 5.41) is 7.16. The lowest BCUT2D eigenvalue weighted by Gasteiger charge is -2.06. The average Bonchev–Trinajstić information content (AvgIpc) is 2.85. The van der Waals surface area contributed by atoms with Crippen LogP contribution in [0.4, 0.5) is 0 Å². The van der Waals surface area contributed by atoms with Crippen LogP contribution in [0.1, 0.15) is 24.8 Å². The van der Waals surface area contributed by atoms with Crippen molar-refractivity contribution in [1.29, 1.82) is 0 Å². The van der Waals surface area contributed by atoms with E-state index in [-0.39, 0.29) is 0 Å². The highest BCUT2D eigenvalue weighted by molar-refractivity contribution is 5.52. The summed E-state index contributed by atoms with van der Waals surface area (Å²) < 4.78 is 5.24. The third-order valence-corrected chi connectivity index (χ3v) is 2.97. The fraction of sp³-hybridized carbons (Fsp3) is 0.462. The van der Waals surface area contributed by atoms with Crippen molar-refractivity contribution >= 4 is 0 Å². The van der Waals surface area contributed by atoms with Crippen LogP contribution in [0.15, 0.2) is 22.9 Å². The molecule has 0 radical (unpaired) electrons. The molecule has 0 saturated heterocycles. The summed E-state index contributed by atoms with van der Waals surface area (Å²) in [5.74, 6) is 1.23. The zero-order chi connectivity index (χ0) is 13.0. The minimum atomic E-state index is 0.442. The molecule has 0 spiro atoms. The van der Waals surface area contributed by atoms with Gasteiger partial charge in [0.05, 0.1) is 0 Å². The Labute approximate surface area is 107 Å². The van der Waals surface area contributed by atoms with Crippen molar-refractivity contribution in [2.24, 2.45) is 0 Å². The van der Waals surface area contributed by atoms with Gasteiger partial charge in [0.15, 0.2) is 0 Å². The molecular formula is C13H18N4O. The standard InChI is InChI=1S/C13H18N4O/c1-9-5-4-8-15-12(9)13-16-11(18-17-13)7-6-10(2)14-3/h4-5,8,10,14H,6-7H2,1-3H3. The molecule has 0 aliphatic rings. The van der Waals surface area contributed by atoms with E-state index in [0.717, 1.165) is 24.1 Å². The predicted molar refractivity (Wildman–Crippen MR) is 69.1 cm³/mol. The second-order valence-electron chi connectivity index (χ2n) is 4.41. The predicted octanol–water partition coefficient (Wildman–Crippen LogP) is 1.98. The molecule has 2 aromatic heterocycles. The molecule has 0 bridgehead atoms. The smallest absolute Gasteiger partial charge is 0.227 e. The minimum absolute atomic E-state index is 0.442. The maximum absolute atomic E-state index is 5.24. The van der Waals surface area contributed by atoms with Crippen LogP contribution in [0.25, 0.3) is 11.5 Å². The quantitative estimate of drug-likeness (QED) is 0.874. The molecule has 1 N–H and O–H groups in total. The summed E-state index contributed by atoms with van der Waals surface area (Å²) >= 11 is 0. The number of nitrogens with zero attached hydrogens (tertiary/aromatic N) is 3. The van der Waals surface area contributed by atoms with Gasteiger partial charge < -0.3 is 9.84 Å². The molecule has 96 valence electrons. The summed E-state index contributed by atoms with van der Waals surface area (Å²) in [6, 6.07) is 4.33. The first-order valence-electron chi connectivity index (χ1n) is 6.12. The van der Waals surface area contributed by atoms with Gasteiger partial charge in [-0.3, -0.25) is 4.98 Å². The second kappa shape index (κ2) is 5.73. The Hall–Kier alpha value is -1.75. The van der Waals surface area contributed by atoms with Gasteiger partial charge in [-0.05, 0) is 38.9 Å². The number of aromatic nitrogens is 3. The van der Waals surface area contributed by atoms with E-state index in [1.165, 1.54) is 0 Å². The van der Waals surface area contributed by atoms with E-state index in [1.807, 2.05) is 26.1 Å². The van der Waals surface area contributed by atoms with Crippen molar-refractivity contribution in [3.8, 4) is 11.5 Å². The van der Waals surface area contributed by atoms with E-state index >= 15 is 0 Å². The average molecular weight is 246 g/mol. The molecule has 0 aromatic carbocycles. The maximum atomic E-state index is 5.24. The Balaban J connectivity index is 2.09. The van der Waals surface area contributed by atoms with E-state index in [1.54, 1.807) is 6.20 Å². The fourth-order valence-electron chi connectivity index (χ4n) is 1.66. The van der Waals surface area contributed by atoms with Crippen molar-refractivity contribution in [3.05, 3.63) is 29.8 Å². The normalized spacial score (nSPS) is 12.6. The van der Waals surface area contributed by atoms with Crippen molar-refractivity contribution in [2.75, 3.05) is 7.05 Å². The highest BCUT2D eigenvalue weighted by Crippen LogP contribution is 2.17. The van der Waals surface area contributed by atoms with Crippen molar-refractivity contribution < 1.29 is 4.52 Å². The monoisotopic (exact) mass is 246 g/mol. The number of hydrogen-bond acceptors (Lipinski definition) is 5. The van der Waals surface area contributed by atoms with Crippen LogP contribution in [0.2, 0.25) is 0 Å². The first-order valence-corrected chi connectivity index (χ1v) is 6.12. The van der Waals surface area contributed by atoms with Crippen LogP contribution >= 0.6 is 0 Å². The lowest BCUT2D eigenvalue weighted by Crippen LogP contribution is -2.21. The van der Waals surface area contributed by atoms with Gasteiger partial charge >= 0.3 is 0 Å². The molecule has 0 amide bonds. The topological polar surface area (TPSA) is 63.8 Å². The van der Waals surface area contributed by atoms with Crippen molar-refractivity contribution in [3.63, 3.8) is 0 Å². The van der Waals surface area contributed by atoms with E-state index in [9.17, 15) is 0 Å². The molecule has 0 aliphatic carbocycles. The third kappa shape index (κ3) is 2.92. The Kier molecular flexibility index (Phi) is 4.04. The molecule has 0 aliphatic heterocycles. The van der Waals surface area contributed by atoms with Gasteiger partial charge in [-0.15, -0.1) is 0 Å². The van der Waals surface area contributed by atoms with E-state index in [0.29, 0.717) is 17.8 Å². The molecule has 5 heteroatoms. The van der Waals surface area contributed by atoms with E-state index < -0.39 is 0 Å². The zero-order valence-corrected chi connectivity index (χ0v) is 11.0. The number of hydrogen-bond donors (Lipinski definition) is 1. The molecule has 2 rings (SSSR count). The molecular weight excluding hydrogens is 228 g/mol. The molecule has 1 unspecified atom stereocenters. The maximum Gasteiger partial charge on any atom is 0.227 e. The lowest BCUT2D eigenvalue weighted by molar-refractivity contribution is 0.369. The Morgan fingerprint density at radius 2 is 2.28 bits per heavy atom. The SMILES string of the molecule is CNC(C)CCc1nc(-c2ncccc2C)no1. The van der Waals surface area contributed by atoms with Crippen molar-refractivity contribution in [1.82, 2.24) is 20.4 Å². The first kappa shape index (κ1) is 12.7. The first-order chi connectivity index (χ1) is 8.70. The van der Waals surface area contributed by atoms with Crippen LogP contribution < -0.4 is 5.32 Å². The molecule has 1 atom stereocenters. The third-order valence-electron chi connectivity index (χ3n) is 2.97. The summed E-state index contributed by atoms with van der Waals surface area (Å²) in [7, 11) is 1.95. The van der Waals surface area contributed by atoms with Gasteiger partial charge in [-0.1, -0.05) is 11.2 Å². The minimum Gasteiger partial charge on any atom is -0.339 e. The van der Waals surface area contributed by atoms with Gasteiger partial charge in [-0.25, -0.2) is 0 Å². The summed E-state index contributed by atoms with van der Waals surface area (Å²) in [5.41, 5.74) is 1.84. The van der Waals surface area contributed by atoms with E-state index in [2.05, 4.69) is 27.4 Å². The van der Waals surface area contributed by atoms with Gasteiger partial charge in [0.2, 0.25) is 11.7 Å². The van der Waals surface area contributed by atoms with Crippen LogP contribution in [0.5, 0.6) is 0 Å². The highest BCUT2D eigenvalue weighted by atomic mass is 16.5. The second-order valence-corrected chi connectivity index (χ2v) is 4.41. The highest BCUT2D eigenvalue weighted by Gasteiger charge is 2.12. The number of aryl methyl sites for hydroxylation is 2. The molecule has 2 aromatic rings. The Morgan fingerprint density at radius 3 is 3.00 bits per heavy atom. The molecule has 5 nitrogen and oxygen atoms in total. The van der Waals surface area contributed by atoms with Gasteiger partial charge in [0.1, 0.15) is 5.69 Å². The summed E-state index contributed by atoms with van der Waals surface area (Å²) in [6.45, 7) is 4.11. The van der Waals surface area contributed by atoms with Crippen LogP contribution in [-0.2, 0) is 6.42 Å². The van der Waals surface area contributed by atoms with Gasteiger partial charge in [0.25, 0.3) is 0 Å². The summed E-state index contributed by atoms with van der Waals surface area (Å²) in [4.78, 5) is 8.66. The van der Waals surface area contributed by atoms with Crippen LogP contribution in [0.3, 0.4) is 0 Å². The van der Waals surface area contributed by atoms with Crippen LogP contribution in [0, 0.1) is 6.92 Å². The van der Waals surface area contributed by atoms with Gasteiger partial charge in [0, 0.05) is 18.7 Å². The molecule has 0 fully saturated rings. The van der Waals surface area contributed by atoms with Crippen molar-refractivity contribution in [2.45, 2.75) is 32.7 Å². The Morgan fingerprint density at radius 1 is 1.44 bits per heavy atom. The number of rotatable bonds is 5. The number of nitrogens with one attached hydrogen (secondary N) is 1. The Bertz CT molecular complexity index is 509. The molecule has 18 heavy (non-hydrogen) atoms. The lowest BCUT2D eigenvalue weighted by atomic mass is 10.2. The van der Waals surface area contributed by atoms with Gasteiger partial charge in [-0.2, -0.15) is 4.98 Å². The fourth-order valence-corrected chi connectivity index (χ4v) is 1.66.